The average molecular weight is 280 g/mol. The van der Waals surface area contributed by atoms with Crippen LogP contribution in [0.3, 0.4) is 0 Å². The average Bonchev–Trinajstić information content (AvgIpc) is 3.12. The standard InChI is InChI=1S/C17H32N2O/c1-2-6-15-13-18-17(9-3-4-10-17)14-19(15)11-8-16-7-5-12-20-16/h15-16,18H,2-14H2,1H3. The van der Waals surface area contributed by atoms with Crippen LogP contribution in [0, 0.1) is 0 Å². The van der Waals surface area contributed by atoms with E-state index >= 15 is 0 Å². The second kappa shape index (κ2) is 6.76. The molecule has 0 radical (unpaired) electrons. The minimum atomic E-state index is 0.459. The lowest BCUT2D eigenvalue weighted by Gasteiger charge is -2.46. The van der Waals surface area contributed by atoms with Gasteiger partial charge in [-0.3, -0.25) is 4.90 Å². The predicted molar refractivity (Wildman–Crippen MR) is 83.1 cm³/mol. The third kappa shape index (κ3) is 3.37. The lowest BCUT2D eigenvalue weighted by atomic mass is 9.91. The Morgan fingerprint density at radius 3 is 2.75 bits per heavy atom. The second-order valence-electron chi connectivity index (χ2n) is 7.21. The Kier molecular flexibility index (Phi) is 5.00. The Hall–Kier alpha value is -0.120. The molecule has 3 rings (SSSR count). The maximum atomic E-state index is 5.81. The molecule has 20 heavy (non-hydrogen) atoms. The molecule has 3 heteroatoms. The Labute approximate surface area is 124 Å². The van der Waals surface area contributed by atoms with Gasteiger partial charge in [-0.05, 0) is 38.5 Å². The van der Waals surface area contributed by atoms with E-state index in [0.717, 1.165) is 12.6 Å². The number of rotatable bonds is 5. The van der Waals surface area contributed by atoms with Crippen molar-refractivity contribution in [1.82, 2.24) is 10.2 Å². The van der Waals surface area contributed by atoms with Crippen LogP contribution >= 0.6 is 0 Å². The zero-order valence-electron chi connectivity index (χ0n) is 13.2. The van der Waals surface area contributed by atoms with Gasteiger partial charge in [0.1, 0.15) is 0 Å². The Morgan fingerprint density at radius 2 is 2.05 bits per heavy atom. The van der Waals surface area contributed by atoms with Gasteiger partial charge in [0.05, 0.1) is 6.10 Å². The number of hydrogen-bond donors (Lipinski definition) is 1. The molecule has 3 nitrogen and oxygen atoms in total. The fraction of sp³-hybridized carbons (Fsp3) is 1.00. The van der Waals surface area contributed by atoms with Crippen molar-refractivity contribution in [3.8, 4) is 0 Å². The minimum Gasteiger partial charge on any atom is -0.378 e. The quantitative estimate of drug-likeness (QED) is 0.838. The summed E-state index contributed by atoms with van der Waals surface area (Å²) in [5, 5.41) is 3.91. The van der Waals surface area contributed by atoms with Crippen molar-refractivity contribution >= 4 is 0 Å². The molecule has 1 aliphatic carbocycles. The zero-order chi connectivity index (χ0) is 13.8. The molecule has 0 amide bonds. The zero-order valence-corrected chi connectivity index (χ0v) is 13.2. The fourth-order valence-corrected chi connectivity index (χ4v) is 4.49. The van der Waals surface area contributed by atoms with Crippen LogP contribution in [-0.4, -0.2) is 48.8 Å². The van der Waals surface area contributed by atoms with Crippen LogP contribution in [0.5, 0.6) is 0 Å². The molecule has 2 atom stereocenters. The van der Waals surface area contributed by atoms with Crippen LogP contribution in [0.15, 0.2) is 0 Å². The maximum Gasteiger partial charge on any atom is 0.0588 e. The van der Waals surface area contributed by atoms with Gasteiger partial charge in [-0.2, -0.15) is 0 Å². The largest absolute Gasteiger partial charge is 0.378 e. The van der Waals surface area contributed by atoms with Crippen LogP contribution in [-0.2, 0) is 4.74 Å². The van der Waals surface area contributed by atoms with Crippen LogP contribution in [0.25, 0.3) is 0 Å². The van der Waals surface area contributed by atoms with E-state index in [2.05, 4.69) is 17.1 Å². The van der Waals surface area contributed by atoms with Crippen molar-refractivity contribution in [3.63, 3.8) is 0 Å². The van der Waals surface area contributed by atoms with Gasteiger partial charge in [0, 0.05) is 37.8 Å². The van der Waals surface area contributed by atoms with Gasteiger partial charge < -0.3 is 10.1 Å². The molecule has 3 aliphatic rings. The van der Waals surface area contributed by atoms with E-state index in [1.54, 1.807) is 0 Å². The number of piperazine rings is 1. The third-order valence-electron chi connectivity index (χ3n) is 5.68. The summed E-state index contributed by atoms with van der Waals surface area (Å²) in [6, 6.07) is 0.757. The van der Waals surface area contributed by atoms with Crippen molar-refractivity contribution in [2.45, 2.75) is 82.4 Å². The molecule has 0 bridgehead atoms. The molecule has 1 spiro atoms. The predicted octanol–water partition coefficient (Wildman–Crippen LogP) is 2.94. The van der Waals surface area contributed by atoms with Gasteiger partial charge in [0.15, 0.2) is 0 Å². The fourth-order valence-electron chi connectivity index (χ4n) is 4.49. The van der Waals surface area contributed by atoms with Crippen molar-refractivity contribution in [2.75, 3.05) is 26.2 Å². The van der Waals surface area contributed by atoms with E-state index in [4.69, 9.17) is 4.74 Å². The summed E-state index contributed by atoms with van der Waals surface area (Å²) in [6.07, 6.45) is 12.6. The molecule has 2 aliphatic heterocycles. The number of ether oxygens (including phenoxy) is 1. The molecular weight excluding hydrogens is 248 g/mol. The molecule has 0 aromatic rings. The summed E-state index contributed by atoms with van der Waals surface area (Å²) >= 11 is 0. The summed E-state index contributed by atoms with van der Waals surface area (Å²) in [7, 11) is 0. The molecule has 2 saturated heterocycles. The van der Waals surface area contributed by atoms with Crippen LogP contribution in [0.4, 0.5) is 0 Å². The van der Waals surface area contributed by atoms with Crippen molar-refractivity contribution in [3.05, 3.63) is 0 Å². The van der Waals surface area contributed by atoms with Crippen LogP contribution < -0.4 is 5.32 Å². The van der Waals surface area contributed by atoms with E-state index in [-0.39, 0.29) is 0 Å². The molecule has 1 saturated carbocycles. The highest BCUT2D eigenvalue weighted by Crippen LogP contribution is 2.34. The first-order valence-electron chi connectivity index (χ1n) is 8.92. The smallest absolute Gasteiger partial charge is 0.0588 e. The third-order valence-corrected chi connectivity index (χ3v) is 5.68. The van der Waals surface area contributed by atoms with Crippen molar-refractivity contribution in [2.24, 2.45) is 0 Å². The minimum absolute atomic E-state index is 0.459. The van der Waals surface area contributed by atoms with E-state index in [1.165, 1.54) is 77.4 Å². The first kappa shape index (κ1) is 14.8. The van der Waals surface area contributed by atoms with E-state index < -0.39 is 0 Å². The second-order valence-corrected chi connectivity index (χ2v) is 7.21. The first-order chi connectivity index (χ1) is 9.81. The summed E-state index contributed by atoms with van der Waals surface area (Å²) in [5.41, 5.74) is 0.459. The van der Waals surface area contributed by atoms with E-state index in [0.29, 0.717) is 11.6 Å². The number of nitrogens with zero attached hydrogens (tertiary/aromatic N) is 1. The van der Waals surface area contributed by atoms with Crippen molar-refractivity contribution in [1.29, 1.82) is 0 Å². The lowest BCUT2D eigenvalue weighted by Crippen LogP contribution is -2.63. The van der Waals surface area contributed by atoms with E-state index in [9.17, 15) is 0 Å². The molecule has 1 N–H and O–H groups in total. The molecule has 2 unspecified atom stereocenters. The molecule has 3 fully saturated rings. The highest BCUT2D eigenvalue weighted by molar-refractivity contribution is 5.01. The Balaban J connectivity index is 1.56. The maximum absolute atomic E-state index is 5.81. The highest BCUT2D eigenvalue weighted by atomic mass is 16.5. The van der Waals surface area contributed by atoms with Crippen LogP contribution in [0.2, 0.25) is 0 Å². The molecule has 116 valence electrons. The normalized spacial score (nSPS) is 34.0. The summed E-state index contributed by atoms with van der Waals surface area (Å²) in [4.78, 5) is 2.80. The van der Waals surface area contributed by atoms with E-state index in [1.807, 2.05) is 0 Å². The van der Waals surface area contributed by atoms with Gasteiger partial charge in [-0.1, -0.05) is 26.2 Å². The van der Waals surface area contributed by atoms with Crippen molar-refractivity contribution < 1.29 is 4.74 Å². The SMILES string of the molecule is CCCC1CNC2(CCCC2)CN1CCC1CCCO1. The lowest BCUT2D eigenvalue weighted by molar-refractivity contribution is 0.0475. The molecule has 2 heterocycles. The summed E-state index contributed by atoms with van der Waals surface area (Å²) in [6.45, 7) is 7.05. The van der Waals surface area contributed by atoms with Gasteiger partial charge in [-0.15, -0.1) is 0 Å². The van der Waals surface area contributed by atoms with Crippen LogP contribution in [0.1, 0.15) is 64.7 Å². The number of nitrogens with one attached hydrogen (secondary N) is 1. The molecule has 0 aromatic carbocycles. The van der Waals surface area contributed by atoms with Gasteiger partial charge >= 0.3 is 0 Å². The Morgan fingerprint density at radius 1 is 1.20 bits per heavy atom. The highest BCUT2D eigenvalue weighted by Gasteiger charge is 2.40. The topological polar surface area (TPSA) is 24.5 Å². The summed E-state index contributed by atoms with van der Waals surface area (Å²) in [5.74, 6) is 0. The van der Waals surface area contributed by atoms with Gasteiger partial charge in [-0.25, -0.2) is 0 Å². The van der Waals surface area contributed by atoms with Gasteiger partial charge in [0.2, 0.25) is 0 Å². The summed E-state index contributed by atoms with van der Waals surface area (Å²) < 4.78 is 5.81. The molecule has 0 aromatic heterocycles. The molecular formula is C17H32N2O. The first-order valence-corrected chi connectivity index (χ1v) is 8.92. The monoisotopic (exact) mass is 280 g/mol. The van der Waals surface area contributed by atoms with Gasteiger partial charge in [0.25, 0.3) is 0 Å². The Bertz CT molecular complexity index is 295. The number of hydrogen-bond acceptors (Lipinski definition) is 3.